The zero-order valence-corrected chi connectivity index (χ0v) is 20.0. The van der Waals surface area contributed by atoms with Crippen molar-refractivity contribution in [3.05, 3.63) is 71.7 Å². The van der Waals surface area contributed by atoms with Crippen molar-refractivity contribution < 1.29 is 9.53 Å². The minimum Gasteiger partial charge on any atom is -0.460 e. The Balaban J connectivity index is 1.67. The lowest BCUT2D eigenvalue weighted by molar-refractivity contribution is -0.155. The molecule has 3 aromatic heterocycles. The summed E-state index contributed by atoms with van der Waals surface area (Å²) in [7, 11) is 0. The number of hydrogen-bond donors (Lipinski definition) is 0. The summed E-state index contributed by atoms with van der Waals surface area (Å²) in [5.41, 5.74) is 3.86. The molecule has 1 aromatic carbocycles. The first-order valence-electron chi connectivity index (χ1n) is 11.2. The fraction of sp³-hybridized carbons (Fsp3) is 0.296. The highest BCUT2D eigenvalue weighted by molar-refractivity contribution is 5.89. The highest BCUT2D eigenvalue weighted by Gasteiger charge is 2.20. The molecule has 4 rings (SSSR count). The molecule has 0 saturated heterocycles. The molecule has 0 saturated carbocycles. The summed E-state index contributed by atoms with van der Waals surface area (Å²) in [4.78, 5) is 21.6. The van der Waals surface area contributed by atoms with Gasteiger partial charge in [-0.05, 0) is 64.1 Å². The number of fused-ring (bicyclic) bond motifs is 1. The Hall–Kier alpha value is -4.05. The molecule has 172 valence electrons. The van der Waals surface area contributed by atoms with Crippen LogP contribution in [0.4, 0.5) is 0 Å². The highest BCUT2D eigenvalue weighted by Crippen LogP contribution is 2.28. The van der Waals surface area contributed by atoms with Crippen LogP contribution in [0, 0.1) is 18.3 Å². The second-order valence-electron chi connectivity index (χ2n) is 9.42. The number of benzene rings is 1. The van der Waals surface area contributed by atoms with Gasteiger partial charge in [0.05, 0.1) is 29.3 Å². The molecule has 0 radical (unpaired) electrons. The number of aryl methyl sites for hydroxylation is 1. The third-order valence-electron chi connectivity index (χ3n) is 5.32. The van der Waals surface area contributed by atoms with Gasteiger partial charge < -0.3 is 4.74 Å². The molecule has 3 heterocycles. The smallest absolute Gasteiger partial charge is 0.306 e. The van der Waals surface area contributed by atoms with Crippen LogP contribution in [0.3, 0.4) is 0 Å². The average molecular weight is 454 g/mol. The van der Waals surface area contributed by atoms with Gasteiger partial charge in [-0.2, -0.15) is 10.4 Å². The maximum atomic E-state index is 12.3. The molecule has 0 amide bonds. The number of aromatic nitrogens is 4. The SMILES string of the molecule is Cc1cccc(-n2cc3c(C#N)cc(-c4cccc(C(C)CC(=O)OC(C)(C)C)n4)cc3n2)n1. The molecule has 0 aliphatic carbocycles. The Morgan fingerprint density at radius 1 is 1.15 bits per heavy atom. The first-order valence-corrected chi connectivity index (χ1v) is 11.2. The number of nitrogens with zero attached hydrogens (tertiary/aromatic N) is 5. The molecule has 7 nitrogen and oxygen atoms in total. The molecular weight excluding hydrogens is 426 g/mol. The topological polar surface area (TPSA) is 93.7 Å². The number of rotatable bonds is 5. The third-order valence-corrected chi connectivity index (χ3v) is 5.32. The van der Waals surface area contributed by atoms with Crippen molar-refractivity contribution in [3.63, 3.8) is 0 Å². The van der Waals surface area contributed by atoms with Crippen LogP contribution in [0.1, 0.15) is 57.0 Å². The lowest BCUT2D eigenvalue weighted by Crippen LogP contribution is -2.24. The Kier molecular flexibility index (Phi) is 6.16. The van der Waals surface area contributed by atoms with Crippen LogP contribution < -0.4 is 0 Å². The average Bonchev–Trinajstić information content (AvgIpc) is 3.21. The number of nitriles is 1. The largest absolute Gasteiger partial charge is 0.460 e. The van der Waals surface area contributed by atoms with Crippen LogP contribution in [0.5, 0.6) is 0 Å². The van der Waals surface area contributed by atoms with E-state index in [1.165, 1.54) is 0 Å². The summed E-state index contributed by atoms with van der Waals surface area (Å²) in [6.07, 6.45) is 2.07. The van der Waals surface area contributed by atoms with Gasteiger partial charge in [-0.25, -0.2) is 9.67 Å². The van der Waals surface area contributed by atoms with Crippen LogP contribution in [-0.2, 0) is 9.53 Å². The van der Waals surface area contributed by atoms with E-state index in [2.05, 4.69) is 16.2 Å². The Morgan fingerprint density at radius 2 is 1.91 bits per heavy atom. The minimum absolute atomic E-state index is 0.111. The first-order chi connectivity index (χ1) is 16.1. The van der Waals surface area contributed by atoms with Crippen LogP contribution >= 0.6 is 0 Å². The molecule has 0 aliphatic rings. The fourth-order valence-corrected chi connectivity index (χ4v) is 3.76. The van der Waals surface area contributed by atoms with E-state index < -0.39 is 5.60 Å². The zero-order chi connectivity index (χ0) is 24.5. The van der Waals surface area contributed by atoms with Gasteiger partial charge in [-0.3, -0.25) is 9.78 Å². The highest BCUT2D eigenvalue weighted by atomic mass is 16.6. The normalized spacial score (nSPS) is 12.4. The summed E-state index contributed by atoms with van der Waals surface area (Å²) < 4.78 is 7.14. The molecule has 34 heavy (non-hydrogen) atoms. The number of esters is 1. The second kappa shape index (κ2) is 9.06. The van der Waals surface area contributed by atoms with Crippen molar-refractivity contribution in [2.45, 2.75) is 52.6 Å². The van der Waals surface area contributed by atoms with Crippen molar-refractivity contribution in [1.29, 1.82) is 5.26 Å². The van der Waals surface area contributed by atoms with Crippen molar-refractivity contribution in [3.8, 4) is 23.1 Å². The standard InChI is InChI=1S/C27H27N5O2/c1-17(12-26(33)34-27(3,4)5)22-9-7-10-23(30-22)19-13-20(15-28)21-16-32(31-24(21)14-19)25-11-6-8-18(2)29-25/h6-11,13-14,16-17H,12H2,1-5H3. The van der Waals surface area contributed by atoms with Crippen LogP contribution in [0.15, 0.2) is 54.7 Å². The monoisotopic (exact) mass is 453 g/mol. The molecule has 7 heteroatoms. The van der Waals surface area contributed by atoms with Crippen LogP contribution in [-0.4, -0.2) is 31.3 Å². The lowest BCUT2D eigenvalue weighted by atomic mass is 10.0. The maximum Gasteiger partial charge on any atom is 0.306 e. The maximum absolute atomic E-state index is 12.3. The zero-order valence-electron chi connectivity index (χ0n) is 20.0. The van der Waals surface area contributed by atoms with E-state index >= 15 is 0 Å². The van der Waals surface area contributed by atoms with E-state index in [4.69, 9.17) is 9.72 Å². The quantitative estimate of drug-likeness (QED) is 0.371. The first kappa shape index (κ1) is 23.1. The summed E-state index contributed by atoms with van der Waals surface area (Å²) in [6.45, 7) is 9.44. The second-order valence-corrected chi connectivity index (χ2v) is 9.42. The fourth-order valence-electron chi connectivity index (χ4n) is 3.76. The van der Waals surface area contributed by atoms with Gasteiger partial charge in [-0.15, -0.1) is 0 Å². The lowest BCUT2D eigenvalue weighted by Gasteiger charge is -2.21. The molecule has 0 fully saturated rings. The third kappa shape index (κ3) is 5.12. The predicted molar refractivity (Wildman–Crippen MR) is 130 cm³/mol. The molecule has 0 spiro atoms. The van der Waals surface area contributed by atoms with E-state index in [9.17, 15) is 10.1 Å². The van der Waals surface area contributed by atoms with Gasteiger partial charge >= 0.3 is 5.97 Å². The summed E-state index contributed by atoms with van der Waals surface area (Å²) in [5, 5.41) is 15.2. The summed E-state index contributed by atoms with van der Waals surface area (Å²) in [5.74, 6) is 0.328. The summed E-state index contributed by atoms with van der Waals surface area (Å²) in [6, 6.07) is 17.5. The Bertz CT molecular complexity index is 1410. The molecule has 0 aliphatic heterocycles. The summed E-state index contributed by atoms with van der Waals surface area (Å²) >= 11 is 0. The van der Waals surface area contributed by atoms with Gasteiger partial charge in [0.25, 0.3) is 0 Å². The van der Waals surface area contributed by atoms with E-state index in [1.54, 1.807) is 4.68 Å². The predicted octanol–water partition coefficient (Wildman–Crippen LogP) is 5.50. The molecule has 1 unspecified atom stereocenters. The van der Waals surface area contributed by atoms with Gasteiger partial charge in [-0.1, -0.05) is 19.1 Å². The molecule has 0 N–H and O–H groups in total. The molecule has 1 atom stereocenters. The van der Waals surface area contributed by atoms with Crippen LogP contribution in [0.25, 0.3) is 28.0 Å². The van der Waals surface area contributed by atoms with E-state index in [1.807, 2.05) is 89.3 Å². The number of ether oxygens (including phenoxy) is 1. The number of carbonyl (C=O) groups is 1. The number of pyridine rings is 2. The van der Waals surface area contributed by atoms with E-state index in [0.717, 1.165) is 28.0 Å². The van der Waals surface area contributed by atoms with Crippen LogP contribution in [0.2, 0.25) is 0 Å². The Labute approximate surface area is 199 Å². The molecule has 0 bridgehead atoms. The van der Waals surface area contributed by atoms with Gasteiger partial charge in [0.2, 0.25) is 0 Å². The van der Waals surface area contributed by atoms with Crippen molar-refractivity contribution in [1.82, 2.24) is 19.7 Å². The van der Waals surface area contributed by atoms with E-state index in [0.29, 0.717) is 16.9 Å². The van der Waals surface area contributed by atoms with Gasteiger partial charge in [0, 0.05) is 34.5 Å². The molecule has 4 aromatic rings. The van der Waals surface area contributed by atoms with Crippen molar-refractivity contribution in [2.24, 2.45) is 0 Å². The number of carbonyl (C=O) groups excluding carboxylic acids is 1. The van der Waals surface area contributed by atoms with Gasteiger partial charge in [0.1, 0.15) is 5.60 Å². The van der Waals surface area contributed by atoms with Crippen molar-refractivity contribution >= 4 is 16.9 Å². The molecular formula is C27H27N5O2. The number of hydrogen-bond acceptors (Lipinski definition) is 6. The van der Waals surface area contributed by atoms with E-state index in [-0.39, 0.29) is 18.3 Å². The Morgan fingerprint density at radius 3 is 2.62 bits per heavy atom. The van der Waals surface area contributed by atoms with Gasteiger partial charge in [0.15, 0.2) is 5.82 Å². The minimum atomic E-state index is -0.521. The van der Waals surface area contributed by atoms with Crippen molar-refractivity contribution in [2.75, 3.05) is 0 Å².